The third kappa shape index (κ3) is 4.48. The van der Waals surface area contributed by atoms with Gasteiger partial charge >= 0.3 is 12.1 Å². The van der Waals surface area contributed by atoms with E-state index in [-0.39, 0.29) is 11.8 Å². The highest BCUT2D eigenvalue weighted by atomic mass is 127. The first kappa shape index (κ1) is 16.9. The summed E-state index contributed by atoms with van der Waals surface area (Å²) in [5.41, 5.74) is 0.101. The highest BCUT2D eigenvalue weighted by Crippen LogP contribution is 2.35. The lowest BCUT2D eigenvalue weighted by Crippen LogP contribution is -2.30. The van der Waals surface area contributed by atoms with Crippen LogP contribution in [0.2, 0.25) is 0 Å². The SMILES string of the molecule is O=C(Nc1cc(Br)c(OC2CCCC2)cc1I)C(F)(F)F. The zero-order valence-electron chi connectivity index (χ0n) is 10.8. The lowest BCUT2D eigenvalue weighted by Gasteiger charge is -2.17. The molecular weight excluding hydrogens is 466 g/mol. The molecule has 0 saturated heterocycles. The number of alkyl halides is 3. The molecule has 0 aromatic heterocycles. The Morgan fingerprint density at radius 3 is 2.52 bits per heavy atom. The summed E-state index contributed by atoms with van der Waals surface area (Å²) < 4.78 is 43.6. The molecule has 0 bridgehead atoms. The minimum atomic E-state index is -4.91. The molecule has 0 atom stereocenters. The molecule has 3 nitrogen and oxygen atoms in total. The van der Waals surface area contributed by atoms with Crippen molar-refractivity contribution >= 4 is 50.1 Å². The normalized spacial score (nSPS) is 16.0. The van der Waals surface area contributed by atoms with Crippen molar-refractivity contribution in [2.75, 3.05) is 5.32 Å². The largest absolute Gasteiger partial charge is 0.489 e. The number of halogens is 5. The third-order valence-corrected chi connectivity index (χ3v) is 4.64. The number of hydrogen-bond acceptors (Lipinski definition) is 2. The van der Waals surface area contributed by atoms with Gasteiger partial charge in [-0.3, -0.25) is 4.79 Å². The highest BCUT2D eigenvalue weighted by Gasteiger charge is 2.39. The zero-order valence-corrected chi connectivity index (χ0v) is 14.5. The number of hydrogen-bond donors (Lipinski definition) is 1. The minimum absolute atomic E-state index is 0.101. The smallest absolute Gasteiger partial charge is 0.471 e. The van der Waals surface area contributed by atoms with Crippen molar-refractivity contribution in [1.82, 2.24) is 0 Å². The molecule has 1 saturated carbocycles. The van der Waals surface area contributed by atoms with Crippen LogP contribution in [-0.4, -0.2) is 18.2 Å². The van der Waals surface area contributed by atoms with Gasteiger partial charge in [0.05, 0.1) is 16.3 Å². The van der Waals surface area contributed by atoms with Crippen LogP contribution in [0.1, 0.15) is 25.7 Å². The predicted octanol–water partition coefficient (Wildman–Crippen LogP) is 4.88. The molecule has 116 valence electrons. The molecule has 1 N–H and O–H groups in total. The summed E-state index contributed by atoms with van der Waals surface area (Å²) in [5, 5.41) is 1.85. The van der Waals surface area contributed by atoms with Gasteiger partial charge in [-0.1, -0.05) is 0 Å². The van der Waals surface area contributed by atoms with Crippen LogP contribution < -0.4 is 10.1 Å². The Morgan fingerprint density at radius 2 is 1.95 bits per heavy atom. The van der Waals surface area contributed by atoms with E-state index < -0.39 is 12.1 Å². The van der Waals surface area contributed by atoms with Crippen LogP contribution in [0.5, 0.6) is 5.75 Å². The van der Waals surface area contributed by atoms with Crippen molar-refractivity contribution in [3.05, 3.63) is 20.2 Å². The van der Waals surface area contributed by atoms with Gasteiger partial charge < -0.3 is 10.1 Å². The number of benzene rings is 1. The maximum absolute atomic E-state index is 12.3. The van der Waals surface area contributed by atoms with Crippen LogP contribution in [0.3, 0.4) is 0 Å². The lowest BCUT2D eigenvalue weighted by molar-refractivity contribution is -0.167. The van der Waals surface area contributed by atoms with Gasteiger partial charge in [0, 0.05) is 3.57 Å². The average molecular weight is 478 g/mol. The highest BCUT2D eigenvalue weighted by molar-refractivity contribution is 14.1. The summed E-state index contributed by atoms with van der Waals surface area (Å²) in [4.78, 5) is 11.0. The van der Waals surface area contributed by atoms with Crippen molar-refractivity contribution in [3.63, 3.8) is 0 Å². The number of amides is 1. The number of carbonyl (C=O) groups is 1. The molecule has 1 aromatic carbocycles. The van der Waals surface area contributed by atoms with Crippen LogP contribution in [0, 0.1) is 3.57 Å². The van der Waals surface area contributed by atoms with Crippen molar-refractivity contribution in [2.45, 2.75) is 38.0 Å². The second-order valence-electron chi connectivity index (χ2n) is 4.74. The number of anilines is 1. The Hall–Kier alpha value is -0.510. The maximum atomic E-state index is 12.3. The molecule has 0 aliphatic heterocycles. The zero-order chi connectivity index (χ0) is 15.6. The summed E-state index contributed by atoms with van der Waals surface area (Å²) in [6.45, 7) is 0. The van der Waals surface area contributed by atoms with E-state index in [4.69, 9.17) is 4.74 Å². The maximum Gasteiger partial charge on any atom is 0.471 e. The molecule has 0 spiro atoms. The van der Waals surface area contributed by atoms with Crippen molar-refractivity contribution in [1.29, 1.82) is 0 Å². The first-order valence-electron chi connectivity index (χ1n) is 6.31. The van der Waals surface area contributed by atoms with Gasteiger partial charge in [-0.05, 0) is 76.3 Å². The Labute approximate surface area is 141 Å². The first-order chi connectivity index (χ1) is 9.77. The molecule has 0 unspecified atom stereocenters. The van der Waals surface area contributed by atoms with E-state index in [0.29, 0.717) is 13.8 Å². The van der Waals surface area contributed by atoms with E-state index in [9.17, 15) is 18.0 Å². The minimum Gasteiger partial charge on any atom is -0.489 e. The number of rotatable bonds is 3. The topological polar surface area (TPSA) is 38.3 Å². The predicted molar refractivity (Wildman–Crippen MR) is 84.4 cm³/mol. The summed E-state index contributed by atoms with van der Waals surface area (Å²) >= 11 is 5.14. The molecule has 1 aromatic rings. The van der Waals surface area contributed by atoms with E-state index in [1.165, 1.54) is 6.07 Å². The third-order valence-electron chi connectivity index (χ3n) is 3.12. The molecule has 0 radical (unpaired) electrons. The van der Waals surface area contributed by atoms with Crippen LogP contribution in [0.4, 0.5) is 18.9 Å². The first-order valence-corrected chi connectivity index (χ1v) is 8.18. The number of ether oxygens (including phenoxy) is 1. The molecule has 0 heterocycles. The van der Waals surface area contributed by atoms with Gasteiger partial charge in [-0.25, -0.2) is 0 Å². The fourth-order valence-electron chi connectivity index (χ4n) is 2.09. The van der Waals surface area contributed by atoms with Gasteiger partial charge in [0.1, 0.15) is 5.75 Å². The van der Waals surface area contributed by atoms with Crippen molar-refractivity contribution < 1.29 is 22.7 Å². The molecule has 1 aliphatic carbocycles. The quantitative estimate of drug-likeness (QED) is 0.630. The lowest BCUT2D eigenvalue weighted by atomic mass is 10.2. The summed E-state index contributed by atoms with van der Waals surface area (Å²) in [6.07, 6.45) is -0.550. The molecule has 1 fully saturated rings. The molecule has 1 amide bonds. The van der Waals surface area contributed by atoms with Gasteiger partial charge in [-0.15, -0.1) is 0 Å². The molecule has 1 aliphatic rings. The average Bonchev–Trinajstić information content (AvgIpc) is 2.87. The molecular formula is C13H12BrF3INO2. The van der Waals surface area contributed by atoms with E-state index in [2.05, 4.69) is 15.9 Å². The van der Waals surface area contributed by atoms with Crippen molar-refractivity contribution in [3.8, 4) is 5.75 Å². The fraction of sp³-hybridized carbons (Fsp3) is 0.462. The number of nitrogens with one attached hydrogen (secondary N) is 1. The van der Waals surface area contributed by atoms with Crippen LogP contribution >= 0.6 is 38.5 Å². The Balaban J connectivity index is 2.14. The van der Waals surface area contributed by atoms with E-state index >= 15 is 0 Å². The summed E-state index contributed by atoms with van der Waals surface area (Å²) in [5.74, 6) is -1.41. The number of carbonyl (C=O) groups excluding carboxylic acids is 1. The summed E-state index contributed by atoms with van der Waals surface area (Å²) in [7, 11) is 0. The van der Waals surface area contributed by atoms with Crippen LogP contribution in [0.25, 0.3) is 0 Å². The van der Waals surface area contributed by atoms with Crippen LogP contribution in [-0.2, 0) is 4.79 Å². The molecule has 21 heavy (non-hydrogen) atoms. The van der Waals surface area contributed by atoms with Gasteiger partial charge in [0.25, 0.3) is 0 Å². The van der Waals surface area contributed by atoms with Crippen LogP contribution in [0.15, 0.2) is 16.6 Å². The van der Waals surface area contributed by atoms with E-state index in [1.807, 2.05) is 27.9 Å². The second kappa shape index (κ2) is 6.72. The second-order valence-corrected chi connectivity index (χ2v) is 6.76. The van der Waals surface area contributed by atoms with Gasteiger partial charge in [0.15, 0.2) is 0 Å². The van der Waals surface area contributed by atoms with E-state index in [0.717, 1.165) is 25.7 Å². The Kier molecular flexibility index (Phi) is 5.39. The standard InChI is InChI=1S/C13H12BrF3INO2/c14-8-5-10(19-12(20)13(15,16)17)9(18)6-11(8)21-7-3-1-2-4-7/h5-7H,1-4H2,(H,19,20). The molecule has 2 rings (SSSR count). The Bertz CT molecular complexity index is 545. The van der Waals surface area contributed by atoms with Gasteiger partial charge in [0.2, 0.25) is 0 Å². The summed E-state index contributed by atoms with van der Waals surface area (Å²) in [6, 6.07) is 3.05. The molecule has 8 heteroatoms. The van der Waals surface area contributed by atoms with E-state index in [1.54, 1.807) is 6.07 Å². The fourth-order valence-corrected chi connectivity index (χ4v) is 3.10. The van der Waals surface area contributed by atoms with Gasteiger partial charge in [-0.2, -0.15) is 13.2 Å². The Morgan fingerprint density at radius 1 is 1.33 bits per heavy atom. The monoisotopic (exact) mass is 477 g/mol. The van der Waals surface area contributed by atoms with Crippen molar-refractivity contribution in [2.24, 2.45) is 0 Å².